The summed E-state index contributed by atoms with van der Waals surface area (Å²) < 4.78 is 0. The van der Waals surface area contributed by atoms with Crippen LogP contribution in [0.4, 0.5) is 0 Å². The van der Waals surface area contributed by atoms with Gasteiger partial charge in [0.05, 0.1) is 18.8 Å². The highest BCUT2D eigenvalue weighted by Crippen LogP contribution is 2.17. The van der Waals surface area contributed by atoms with Crippen LogP contribution in [0.5, 0.6) is 0 Å². The number of carbonyl (C=O) groups is 1. The Hall–Kier alpha value is -1.39. The van der Waals surface area contributed by atoms with Crippen molar-refractivity contribution < 1.29 is 15.0 Å². The highest BCUT2D eigenvalue weighted by Gasteiger charge is 2.17. The third-order valence-corrected chi connectivity index (χ3v) is 11.6. The van der Waals surface area contributed by atoms with Gasteiger partial charge in [-0.05, 0) is 51.4 Å². The van der Waals surface area contributed by atoms with E-state index in [1.165, 1.54) is 218 Å². The standard InChI is InChI=1S/C52H99NO3/c1-3-5-7-9-10-11-12-13-14-15-16-17-18-19-20-21-22-23-24-25-26-27-28-29-30-31-32-33-34-35-36-37-38-39-40-41-42-44-46-48-52(56)53-50(49-54)51(55)47-45-43-8-6-4-2/h12-13,15-16,45,47,50-51,54-55H,3-11,14,17-44,46,48-49H2,1-2H3,(H,53,56)/b13-12-,16-15-,47-45+. The molecule has 3 N–H and O–H groups in total. The Balaban J connectivity index is 3.29. The number of hydrogen-bond donors (Lipinski definition) is 3. The van der Waals surface area contributed by atoms with Gasteiger partial charge in [-0.15, -0.1) is 0 Å². The molecule has 330 valence electrons. The summed E-state index contributed by atoms with van der Waals surface area (Å²) >= 11 is 0. The van der Waals surface area contributed by atoms with E-state index < -0.39 is 12.1 Å². The Morgan fingerprint density at radius 1 is 0.429 bits per heavy atom. The minimum atomic E-state index is -0.832. The quantitative estimate of drug-likeness (QED) is 0.0425. The molecule has 0 bridgehead atoms. The number of amides is 1. The van der Waals surface area contributed by atoms with Crippen molar-refractivity contribution in [2.45, 2.75) is 283 Å². The van der Waals surface area contributed by atoms with Crippen molar-refractivity contribution in [2.24, 2.45) is 0 Å². The lowest BCUT2D eigenvalue weighted by atomic mass is 10.0. The van der Waals surface area contributed by atoms with Crippen molar-refractivity contribution in [1.82, 2.24) is 5.32 Å². The fourth-order valence-corrected chi connectivity index (χ4v) is 7.74. The van der Waals surface area contributed by atoms with Gasteiger partial charge < -0.3 is 15.5 Å². The number of aliphatic hydroxyl groups is 2. The third-order valence-electron chi connectivity index (χ3n) is 11.6. The lowest BCUT2D eigenvalue weighted by Gasteiger charge is -2.20. The fourth-order valence-electron chi connectivity index (χ4n) is 7.74. The number of hydrogen-bond acceptors (Lipinski definition) is 3. The molecule has 2 atom stereocenters. The van der Waals surface area contributed by atoms with Crippen molar-refractivity contribution >= 4 is 5.91 Å². The largest absolute Gasteiger partial charge is 0.394 e. The van der Waals surface area contributed by atoms with E-state index in [4.69, 9.17) is 0 Å². The van der Waals surface area contributed by atoms with Crippen molar-refractivity contribution in [3.05, 3.63) is 36.5 Å². The summed E-state index contributed by atoms with van der Waals surface area (Å²) in [6.07, 6.45) is 64.9. The lowest BCUT2D eigenvalue weighted by Crippen LogP contribution is -2.45. The molecule has 0 aromatic rings. The van der Waals surface area contributed by atoms with E-state index in [0.29, 0.717) is 6.42 Å². The lowest BCUT2D eigenvalue weighted by molar-refractivity contribution is -0.123. The number of nitrogens with one attached hydrogen (secondary N) is 1. The number of aliphatic hydroxyl groups excluding tert-OH is 2. The van der Waals surface area contributed by atoms with Crippen molar-refractivity contribution in [2.75, 3.05) is 6.61 Å². The van der Waals surface area contributed by atoms with Gasteiger partial charge >= 0.3 is 0 Å². The van der Waals surface area contributed by atoms with Crippen LogP contribution >= 0.6 is 0 Å². The molecule has 0 aliphatic rings. The summed E-state index contributed by atoms with van der Waals surface area (Å²) in [5, 5.41) is 22.6. The summed E-state index contributed by atoms with van der Waals surface area (Å²) in [6, 6.07) is -0.615. The van der Waals surface area contributed by atoms with Gasteiger partial charge in [-0.25, -0.2) is 0 Å². The molecule has 1 amide bonds. The van der Waals surface area contributed by atoms with Crippen LogP contribution in [-0.4, -0.2) is 34.9 Å². The molecule has 0 aliphatic carbocycles. The van der Waals surface area contributed by atoms with Crippen LogP contribution in [0.15, 0.2) is 36.5 Å². The monoisotopic (exact) mass is 786 g/mol. The Kier molecular flexibility index (Phi) is 46.8. The molecular weight excluding hydrogens is 687 g/mol. The molecular formula is C52H99NO3. The first kappa shape index (κ1) is 54.6. The summed E-state index contributed by atoms with van der Waals surface area (Å²) in [5.41, 5.74) is 0. The average Bonchev–Trinajstić information content (AvgIpc) is 3.20. The molecule has 0 radical (unpaired) electrons. The van der Waals surface area contributed by atoms with Gasteiger partial charge in [-0.2, -0.15) is 0 Å². The number of allylic oxidation sites excluding steroid dienone is 5. The van der Waals surface area contributed by atoms with E-state index in [0.717, 1.165) is 32.1 Å². The second kappa shape index (κ2) is 48.0. The molecule has 2 unspecified atom stereocenters. The van der Waals surface area contributed by atoms with Crippen molar-refractivity contribution in [3.8, 4) is 0 Å². The predicted octanol–water partition coefficient (Wildman–Crippen LogP) is 16.1. The van der Waals surface area contributed by atoms with Gasteiger partial charge in [-0.3, -0.25) is 4.79 Å². The predicted molar refractivity (Wildman–Crippen MR) is 248 cm³/mol. The highest BCUT2D eigenvalue weighted by molar-refractivity contribution is 5.76. The number of unbranched alkanes of at least 4 members (excludes halogenated alkanes) is 35. The molecule has 0 heterocycles. The first-order valence-corrected chi connectivity index (χ1v) is 25.2. The zero-order valence-corrected chi connectivity index (χ0v) is 37.9. The van der Waals surface area contributed by atoms with E-state index in [1.54, 1.807) is 6.08 Å². The molecule has 0 rings (SSSR count). The molecule has 4 nitrogen and oxygen atoms in total. The molecule has 0 aromatic carbocycles. The number of rotatable bonds is 46. The van der Waals surface area contributed by atoms with Crippen molar-refractivity contribution in [1.29, 1.82) is 0 Å². The molecule has 0 saturated carbocycles. The van der Waals surface area contributed by atoms with Gasteiger partial charge in [0.2, 0.25) is 5.91 Å². The summed E-state index contributed by atoms with van der Waals surface area (Å²) in [5.74, 6) is -0.0676. The molecule has 0 spiro atoms. The normalized spacial score (nSPS) is 13.1. The van der Waals surface area contributed by atoms with Crippen LogP contribution < -0.4 is 5.32 Å². The molecule has 56 heavy (non-hydrogen) atoms. The Labute approximate surface area is 351 Å². The summed E-state index contributed by atoms with van der Waals surface area (Å²) in [6.45, 7) is 4.21. The maximum atomic E-state index is 12.3. The van der Waals surface area contributed by atoms with Gasteiger partial charge in [-0.1, -0.05) is 249 Å². The molecule has 0 fully saturated rings. The van der Waals surface area contributed by atoms with Gasteiger partial charge in [0, 0.05) is 6.42 Å². The van der Waals surface area contributed by atoms with Gasteiger partial charge in [0.15, 0.2) is 0 Å². The second-order valence-corrected chi connectivity index (χ2v) is 17.2. The van der Waals surface area contributed by atoms with Gasteiger partial charge in [0.1, 0.15) is 0 Å². The minimum absolute atomic E-state index is 0.0676. The van der Waals surface area contributed by atoms with Crippen LogP contribution in [0, 0.1) is 0 Å². The second-order valence-electron chi connectivity index (χ2n) is 17.2. The van der Waals surface area contributed by atoms with Crippen molar-refractivity contribution in [3.63, 3.8) is 0 Å². The first-order chi connectivity index (χ1) is 27.7. The average molecular weight is 786 g/mol. The SMILES string of the molecule is CCCCC/C=C/C(O)C(CO)NC(=O)CCCCCCCCCCCCCCCCCCCCCCCCCCCCC/C=C\C/C=C\CCCCCCC. The fraction of sp³-hybridized carbons (Fsp3) is 0.865. The van der Waals surface area contributed by atoms with E-state index in [1.807, 2.05) is 6.08 Å². The van der Waals surface area contributed by atoms with Crippen LogP contribution in [0.25, 0.3) is 0 Å². The first-order valence-electron chi connectivity index (χ1n) is 25.2. The van der Waals surface area contributed by atoms with Crippen LogP contribution in [0.2, 0.25) is 0 Å². The summed E-state index contributed by atoms with van der Waals surface area (Å²) in [7, 11) is 0. The zero-order valence-electron chi connectivity index (χ0n) is 37.9. The smallest absolute Gasteiger partial charge is 0.220 e. The summed E-state index contributed by atoms with van der Waals surface area (Å²) in [4.78, 5) is 12.3. The highest BCUT2D eigenvalue weighted by atomic mass is 16.3. The molecule has 0 aromatic heterocycles. The van der Waals surface area contributed by atoms with E-state index >= 15 is 0 Å². The zero-order chi connectivity index (χ0) is 40.7. The van der Waals surface area contributed by atoms with E-state index in [2.05, 4.69) is 43.5 Å². The Morgan fingerprint density at radius 3 is 1.11 bits per heavy atom. The minimum Gasteiger partial charge on any atom is -0.394 e. The topological polar surface area (TPSA) is 69.6 Å². The van der Waals surface area contributed by atoms with Crippen LogP contribution in [-0.2, 0) is 4.79 Å². The third kappa shape index (κ3) is 43.7. The van der Waals surface area contributed by atoms with Crippen LogP contribution in [0.3, 0.4) is 0 Å². The maximum absolute atomic E-state index is 12.3. The van der Waals surface area contributed by atoms with E-state index in [-0.39, 0.29) is 12.5 Å². The molecule has 0 aliphatic heterocycles. The molecule has 4 heteroatoms. The maximum Gasteiger partial charge on any atom is 0.220 e. The Bertz CT molecular complexity index is 851. The Morgan fingerprint density at radius 2 is 0.732 bits per heavy atom. The number of carbonyl (C=O) groups excluding carboxylic acids is 1. The molecule has 0 saturated heterocycles. The van der Waals surface area contributed by atoms with E-state index in [9.17, 15) is 15.0 Å². The van der Waals surface area contributed by atoms with Crippen LogP contribution in [0.1, 0.15) is 271 Å². The van der Waals surface area contributed by atoms with Gasteiger partial charge in [0.25, 0.3) is 0 Å².